The van der Waals surface area contributed by atoms with E-state index in [9.17, 15) is 9.50 Å². The van der Waals surface area contributed by atoms with Crippen molar-refractivity contribution in [2.24, 2.45) is 5.92 Å². The number of aliphatic hydroxyl groups excluding tert-OH is 1. The second-order valence-corrected chi connectivity index (χ2v) is 11.9. The van der Waals surface area contributed by atoms with E-state index in [1.807, 2.05) is 18.9 Å². The van der Waals surface area contributed by atoms with Gasteiger partial charge in [-0.2, -0.15) is 5.06 Å². The smallest absolute Gasteiger partial charge is 0.123 e. The Morgan fingerprint density at radius 1 is 1.03 bits per heavy atom. The summed E-state index contributed by atoms with van der Waals surface area (Å²) in [6.07, 6.45) is 14.4. The molecule has 3 rings (SSSR count). The molecule has 5 heteroatoms. The van der Waals surface area contributed by atoms with Crippen molar-refractivity contribution in [3.05, 3.63) is 64.8 Å². The predicted octanol–water partition coefficient (Wildman–Crippen LogP) is 7.89. The second-order valence-electron chi connectivity index (χ2n) is 11.9. The van der Waals surface area contributed by atoms with Gasteiger partial charge in [0.25, 0.3) is 0 Å². The Kier molecular flexibility index (Phi) is 12.9. The summed E-state index contributed by atoms with van der Waals surface area (Å²) in [5.41, 5.74) is 5.39. The molecule has 0 amide bonds. The van der Waals surface area contributed by atoms with Crippen LogP contribution in [0.15, 0.2) is 53.6 Å². The highest BCUT2D eigenvalue weighted by Crippen LogP contribution is 2.28. The van der Waals surface area contributed by atoms with Gasteiger partial charge in [0.05, 0.1) is 19.3 Å². The SMILES string of the molecule is CC\C(C)=C/C(=C\C=C(/C)c1ccc(CON2CCC(O)C2)cc1)CCC1CCN(CC(F)(CC)CC)CC1. The molecule has 0 aromatic heterocycles. The van der Waals surface area contributed by atoms with Crippen molar-refractivity contribution in [3.63, 3.8) is 0 Å². The molecule has 39 heavy (non-hydrogen) atoms. The van der Waals surface area contributed by atoms with Crippen LogP contribution in [0.5, 0.6) is 0 Å². The van der Waals surface area contributed by atoms with E-state index >= 15 is 0 Å². The Balaban J connectivity index is 1.53. The molecule has 0 saturated carbocycles. The van der Waals surface area contributed by atoms with Gasteiger partial charge in [0, 0.05) is 13.1 Å². The van der Waals surface area contributed by atoms with Crippen molar-refractivity contribution in [3.8, 4) is 0 Å². The molecule has 2 aliphatic rings. The molecule has 1 unspecified atom stereocenters. The number of hydrogen-bond acceptors (Lipinski definition) is 4. The zero-order valence-corrected chi connectivity index (χ0v) is 25.2. The average Bonchev–Trinajstić information content (AvgIpc) is 3.38. The van der Waals surface area contributed by atoms with Gasteiger partial charge in [-0.25, -0.2) is 4.39 Å². The molecule has 0 bridgehead atoms. The molecule has 1 aromatic carbocycles. The van der Waals surface area contributed by atoms with Gasteiger partial charge >= 0.3 is 0 Å². The van der Waals surface area contributed by atoms with Crippen molar-refractivity contribution in [1.29, 1.82) is 0 Å². The standard InChI is InChI=1S/C34H53FN2O2/c1-6-27(4)23-30(12-11-29-17-20-36(21-18-29)26-34(35,7-2)8-3)10-9-28(5)32-15-13-31(14-16-32)25-39-37-22-19-33(38)24-37/h9-10,13-16,23,29,33,38H,6-8,11-12,17-22,24-26H2,1-5H3/b27-23-,28-9+,30-10-. The number of hydrogen-bond donors (Lipinski definition) is 1. The van der Waals surface area contributed by atoms with Crippen molar-refractivity contribution in [1.82, 2.24) is 9.96 Å². The molecule has 2 aliphatic heterocycles. The molecule has 2 fully saturated rings. The number of β-amino-alcohol motifs (C(OH)–C–C–N with tert-alkyl or cyclic N) is 1. The zero-order chi connectivity index (χ0) is 28.3. The second kappa shape index (κ2) is 15.9. The van der Waals surface area contributed by atoms with E-state index in [-0.39, 0.29) is 6.10 Å². The maximum atomic E-state index is 14.9. The van der Waals surface area contributed by atoms with Crippen molar-refractivity contribution >= 4 is 5.57 Å². The number of nitrogens with zero attached hydrogens (tertiary/aromatic N) is 2. The molecular weight excluding hydrogens is 487 g/mol. The molecule has 2 heterocycles. The third-order valence-electron chi connectivity index (χ3n) is 8.81. The van der Waals surface area contributed by atoms with Gasteiger partial charge < -0.3 is 10.0 Å². The lowest BCUT2D eigenvalue weighted by molar-refractivity contribution is -0.158. The molecule has 4 nitrogen and oxygen atoms in total. The van der Waals surface area contributed by atoms with Crippen LogP contribution in [0.4, 0.5) is 4.39 Å². The summed E-state index contributed by atoms with van der Waals surface area (Å²) >= 11 is 0. The van der Waals surface area contributed by atoms with Crippen molar-refractivity contribution in [2.75, 3.05) is 32.7 Å². The van der Waals surface area contributed by atoms with E-state index < -0.39 is 5.67 Å². The molecule has 1 atom stereocenters. The quantitative estimate of drug-likeness (QED) is 0.243. The molecule has 0 spiro atoms. The summed E-state index contributed by atoms with van der Waals surface area (Å²) in [5.74, 6) is 0.723. The van der Waals surface area contributed by atoms with Gasteiger partial charge in [-0.1, -0.05) is 68.8 Å². The van der Waals surface area contributed by atoms with Gasteiger partial charge in [-0.15, -0.1) is 0 Å². The number of aliphatic hydroxyl groups is 1. The van der Waals surface area contributed by atoms with Gasteiger partial charge in [0.15, 0.2) is 0 Å². The average molecular weight is 541 g/mol. The lowest BCUT2D eigenvalue weighted by Crippen LogP contribution is -2.43. The fourth-order valence-electron chi connectivity index (χ4n) is 5.49. The lowest BCUT2D eigenvalue weighted by Gasteiger charge is -2.36. The number of benzene rings is 1. The summed E-state index contributed by atoms with van der Waals surface area (Å²) in [4.78, 5) is 8.17. The third-order valence-corrected chi connectivity index (χ3v) is 8.81. The van der Waals surface area contributed by atoms with Gasteiger partial charge in [0.1, 0.15) is 5.67 Å². The number of likely N-dealkylation sites (tertiary alicyclic amines) is 1. The number of piperidine rings is 1. The van der Waals surface area contributed by atoms with Gasteiger partial charge in [0.2, 0.25) is 0 Å². The monoisotopic (exact) mass is 540 g/mol. The van der Waals surface area contributed by atoms with Crippen molar-refractivity contribution in [2.45, 2.75) is 104 Å². The molecular formula is C34H53FN2O2. The fourth-order valence-corrected chi connectivity index (χ4v) is 5.49. The minimum absolute atomic E-state index is 0.267. The van der Waals surface area contributed by atoms with Crippen molar-refractivity contribution < 1.29 is 14.3 Å². The highest BCUT2D eigenvalue weighted by atomic mass is 19.1. The van der Waals surface area contributed by atoms with Crippen LogP contribution in [0.25, 0.3) is 5.57 Å². The predicted molar refractivity (Wildman–Crippen MR) is 162 cm³/mol. The number of allylic oxidation sites excluding steroid dienone is 6. The highest BCUT2D eigenvalue weighted by molar-refractivity contribution is 5.65. The van der Waals surface area contributed by atoms with Crippen LogP contribution in [-0.2, 0) is 11.4 Å². The Morgan fingerprint density at radius 2 is 1.72 bits per heavy atom. The Morgan fingerprint density at radius 3 is 2.31 bits per heavy atom. The van der Waals surface area contributed by atoms with Crippen LogP contribution in [0.2, 0.25) is 0 Å². The third kappa shape index (κ3) is 10.6. The molecule has 218 valence electrons. The summed E-state index contributed by atoms with van der Waals surface area (Å²) in [7, 11) is 0. The minimum Gasteiger partial charge on any atom is -0.392 e. The van der Waals surface area contributed by atoms with Crippen LogP contribution in [0.3, 0.4) is 0 Å². The normalized spacial score (nSPS) is 21.2. The van der Waals surface area contributed by atoms with E-state index in [4.69, 9.17) is 4.84 Å². The largest absolute Gasteiger partial charge is 0.392 e. The number of rotatable bonds is 14. The van der Waals surface area contributed by atoms with Crippen LogP contribution in [0, 0.1) is 5.92 Å². The lowest BCUT2D eigenvalue weighted by atomic mass is 9.88. The fraction of sp³-hybridized carbons (Fsp3) is 0.647. The molecule has 2 saturated heterocycles. The number of hydroxylamine groups is 2. The maximum Gasteiger partial charge on any atom is 0.123 e. The Hall–Kier alpha value is -1.79. The first-order valence-electron chi connectivity index (χ1n) is 15.3. The van der Waals surface area contributed by atoms with Crippen LogP contribution >= 0.6 is 0 Å². The molecule has 1 N–H and O–H groups in total. The zero-order valence-electron chi connectivity index (χ0n) is 25.2. The van der Waals surface area contributed by atoms with E-state index in [1.165, 1.54) is 41.5 Å². The highest BCUT2D eigenvalue weighted by Gasteiger charge is 2.30. The van der Waals surface area contributed by atoms with Gasteiger partial charge in [-0.3, -0.25) is 4.84 Å². The topological polar surface area (TPSA) is 35.9 Å². The summed E-state index contributed by atoms with van der Waals surface area (Å²) in [5, 5.41) is 11.5. The Labute approximate surface area is 237 Å². The first-order valence-corrected chi connectivity index (χ1v) is 15.3. The minimum atomic E-state index is -1.03. The van der Waals surface area contributed by atoms with Crippen LogP contribution in [0.1, 0.15) is 97.1 Å². The first kappa shape index (κ1) is 31.7. The molecule has 0 aliphatic carbocycles. The summed E-state index contributed by atoms with van der Waals surface area (Å²) < 4.78 is 14.9. The van der Waals surface area contributed by atoms with E-state index in [0.717, 1.165) is 50.4 Å². The number of alkyl halides is 1. The number of halogens is 1. The Bertz CT molecular complexity index is 956. The molecule has 1 aromatic rings. The molecule has 0 radical (unpaired) electrons. The summed E-state index contributed by atoms with van der Waals surface area (Å²) in [6, 6.07) is 8.60. The summed E-state index contributed by atoms with van der Waals surface area (Å²) in [6.45, 7) is 15.1. The van der Waals surface area contributed by atoms with Crippen LogP contribution in [-0.4, -0.2) is 59.6 Å². The van der Waals surface area contributed by atoms with Crippen LogP contribution < -0.4 is 0 Å². The van der Waals surface area contributed by atoms with E-state index in [0.29, 0.717) is 32.5 Å². The van der Waals surface area contributed by atoms with E-state index in [2.05, 4.69) is 68.2 Å². The first-order chi connectivity index (χ1) is 18.7. The maximum absolute atomic E-state index is 14.9. The van der Waals surface area contributed by atoms with E-state index in [1.54, 1.807) is 0 Å². The van der Waals surface area contributed by atoms with Gasteiger partial charge in [-0.05, 0) is 106 Å².